The quantitative estimate of drug-likeness (QED) is 0.791. The molecule has 1 aromatic rings. The minimum atomic E-state index is -0.574. The van der Waals surface area contributed by atoms with Crippen molar-refractivity contribution in [2.24, 2.45) is 0 Å². The van der Waals surface area contributed by atoms with Gasteiger partial charge in [-0.05, 0) is 19.8 Å². The number of aryl methyl sites for hydroxylation is 1. The molecule has 0 aromatic carbocycles. The molecule has 3 rings (SSSR count). The van der Waals surface area contributed by atoms with E-state index in [1.807, 2.05) is 14.0 Å². The molecular weight excluding hydrogens is 366 g/mol. The Balaban J connectivity index is 1.71. The summed E-state index contributed by atoms with van der Waals surface area (Å²) in [5, 5.41) is 5.63. The number of piperazine rings is 1. The molecule has 2 fully saturated rings. The average molecular weight is 394 g/mol. The van der Waals surface area contributed by atoms with Crippen LogP contribution < -0.4 is 5.32 Å². The monoisotopic (exact) mass is 393 g/mol. The summed E-state index contributed by atoms with van der Waals surface area (Å²) in [4.78, 5) is 46.8. The molecule has 3 amide bonds. The van der Waals surface area contributed by atoms with E-state index < -0.39 is 5.54 Å². The maximum absolute atomic E-state index is 13.1. The number of nitrogens with one attached hydrogen (secondary N) is 1. The predicted molar refractivity (Wildman–Crippen MR) is 102 cm³/mol. The molecule has 9 heteroatoms. The Bertz CT molecular complexity index is 726. The number of carbonyl (C=O) groups excluding carboxylic acids is 3. The fraction of sp³-hybridized carbons (Fsp3) is 0.667. The standard InChI is InChI=1S/C18H27N5O3S/c1-13(24)19-10-16(25)22-6-4-18(5-7-22)17(26)21(3)8-9-23(18)11-15-12-27-14(2)20-15/h12H,4-11H2,1-3H3,(H,19,24). The van der Waals surface area contributed by atoms with Gasteiger partial charge in [0.25, 0.3) is 0 Å². The molecular formula is C18H27N5O3S. The van der Waals surface area contributed by atoms with Gasteiger partial charge in [0.15, 0.2) is 0 Å². The first-order chi connectivity index (χ1) is 12.8. The summed E-state index contributed by atoms with van der Waals surface area (Å²) in [6.07, 6.45) is 1.20. The van der Waals surface area contributed by atoms with Gasteiger partial charge in [0.1, 0.15) is 5.54 Å². The Morgan fingerprint density at radius 2 is 1.96 bits per heavy atom. The van der Waals surface area contributed by atoms with Gasteiger partial charge in [-0.25, -0.2) is 4.98 Å². The number of thiazole rings is 1. The van der Waals surface area contributed by atoms with Crippen LogP contribution in [0.4, 0.5) is 0 Å². The molecule has 8 nitrogen and oxygen atoms in total. The summed E-state index contributed by atoms with van der Waals surface area (Å²) < 4.78 is 0. The number of piperidine rings is 1. The molecule has 1 N–H and O–H groups in total. The summed E-state index contributed by atoms with van der Waals surface area (Å²) in [5.41, 5.74) is 0.424. The second-order valence-corrected chi connectivity index (χ2v) is 8.39. The van der Waals surface area contributed by atoms with E-state index in [0.29, 0.717) is 39.0 Å². The fourth-order valence-corrected chi connectivity index (χ4v) is 4.56. The fourth-order valence-electron chi connectivity index (χ4n) is 3.95. The smallest absolute Gasteiger partial charge is 0.243 e. The first-order valence-corrected chi connectivity index (χ1v) is 10.1. The summed E-state index contributed by atoms with van der Waals surface area (Å²) in [6, 6.07) is 0. The van der Waals surface area contributed by atoms with Crippen molar-refractivity contribution >= 4 is 29.1 Å². The molecule has 0 saturated carbocycles. The van der Waals surface area contributed by atoms with E-state index >= 15 is 0 Å². The number of aromatic nitrogens is 1. The maximum atomic E-state index is 13.1. The number of nitrogens with zero attached hydrogens (tertiary/aromatic N) is 4. The second kappa shape index (κ2) is 7.93. The maximum Gasteiger partial charge on any atom is 0.243 e. The van der Waals surface area contributed by atoms with E-state index in [9.17, 15) is 14.4 Å². The molecule has 0 atom stereocenters. The molecule has 0 radical (unpaired) electrons. The zero-order chi connectivity index (χ0) is 19.6. The zero-order valence-electron chi connectivity index (χ0n) is 16.2. The lowest BCUT2D eigenvalue weighted by Crippen LogP contribution is -2.68. The van der Waals surface area contributed by atoms with Crippen LogP contribution in [0.3, 0.4) is 0 Å². The lowest BCUT2D eigenvalue weighted by atomic mass is 9.82. The van der Waals surface area contributed by atoms with Crippen molar-refractivity contribution < 1.29 is 14.4 Å². The van der Waals surface area contributed by atoms with Crippen molar-refractivity contribution in [2.75, 3.05) is 39.8 Å². The van der Waals surface area contributed by atoms with E-state index in [0.717, 1.165) is 17.2 Å². The van der Waals surface area contributed by atoms with Crippen molar-refractivity contribution in [1.82, 2.24) is 25.0 Å². The molecule has 2 aliphatic heterocycles. The number of hydrogen-bond acceptors (Lipinski definition) is 6. The topological polar surface area (TPSA) is 85.8 Å². The molecule has 27 heavy (non-hydrogen) atoms. The van der Waals surface area contributed by atoms with E-state index in [1.165, 1.54) is 6.92 Å². The van der Waals surface area contributed by atoms with Crippen LogP contribution in [-0.2, 0) is 20.9 Å². The lowest BCUT2D eigenvalue weighted by Gasteiger charge is -2.52. The number of amides is 3. The highest BCUT2D eigenvalue weighted by molar-refractivity contribution is 7.09. The van der Waals surface area contributed by atoms with Gasteiger partial charge in [-0.3, -0.25) is 19.3 Å². The highest BCUT2D eigenvalue weighted by atomic mass is 32.1. The first kappa shape index (κ1) is 19.8. The largest absolute Gasteiger partial charge is 0.347 e. The Kier molecular flexibility index (Phi) is 5.81. The van der Waals surface area contributed by atoms with Crippen LogP contribution in [0.1, 0.15) is 30.5 Å². The van der Waals surface area contributed by atoms with Gasteiger partial charge in [0, 0.05) is 52.1 Å². The van der Waals surface area contributed by atoms with Crippen molar-refractivity contribution in [3.05, 3.63) is 16.1 Å². The number of likely N-dealkylation sites (tertiary alicyclic amines) is 1. The Hall–Kier alpha value is -2.00. The van der Waals surface area contributed by atoms with Crippen molar-refractivity contribution in [3.8, 4) is 0 Å². The third-order valence-corrected chi connectivity index (χ3v) is 6.33. The average Bonchev–Trinajstić information content (AvgIpc) is 3.06. The molecule has 148 valence electrons. The molecule has 0 bridgehead atoms. The lowest BCUT2D eigenvalue weighted by molar-refractivity contribution is -0.157. The van der Waals surface area contributed by atoms with Gasteiger partial charge < -0.3 is 15.1 Å². The molecule has 2 aliphatic rings. The van der Waals surface area contributed by atoms with Crippen molar-refractivity contribution in [3.63, 3.8) is 0 Å². The van der Waals surface area contributed by atoms with Crippen LogP contribution in [0.5, 0.6) is 0 Å². The van der Waals surface area contributed by atoms with Crippen LogP contribution >= 0.6 is 11.3 Å². The molecule has 2 saturated heterocycles. The Labute approximate surface area is 163 Å². The van der Waals surface area contributed by atoms with E-state index in [1.54, 1.807) is 21.1 Å². The predicted octanol–water partition coefficient (Wildman–Crippen LogP) is 0.223. The summed E-state index contributed by atoms with van der Waals surface area (Å²) in [7, 11) is 1.85. The SMILES string of the molecule is CC(=O)NCC(=O)N1CCC2(CC1)C(=O)N(C)CCN2Cc1csc(C)n1. The van der Waals surface area contributed by atoms with Gasteiger partial charge in [-0.15, -0.1) is 11.3 Å². The number of likely N-dealkylation sites (N-methyl/N-ethyl adjacent to an activating group) is 1. The molecule has 0 aliphatic carbocycles. The van der Waals surface area contributed by atoms with E-state index in [-0.39, 0.29) is 24.3 Å². The van der Waals surface area contributed by atoms with E-state index in [2.05, 4.69) is 20.6 Å². The van der Waals surface area contributed by atoms with E-state index in [4.69, 9.17) is 0 Å². The normalized spacial score (nSPS) is 20.2. The molecule has 0 unspecified atom stereocenters. The molecule has 1 spiro atoms. The highest BCUT2D eigenvalue weighted by Crippen LogP contribution is 2.34. The summed E-state index contributed by atoms with van der Waals surface area (Å²) >= 11 is 1.62. The summed E-state index contributed by atoms with van der Waals surface area (Å²) in [5.74, 6) is -0.182. The van der Waals surface area contributed by atoms with Crippen LogP contribution in [-0.4, -0.2) is 82.7 Å². The van der Waals surface area contributed by atoms with Crippen LogP contribution in [0.2, 0.25) is 0 Å². The molecule has 3 heterocycles. The second-order valence-electron chi connectivity index (χ2n) is 7.33. The van der Waals surface area contributed by atoms with Crippen molar-refractivity contribution in [1.29, 1.82) is 0 Å². The van der Waals surface area contributed by atoms with Crippen molar-refractivity contribution in [2.45, 2.75) is 38.8 Å². The summed E-state index contributed by atoms with van der Waals surface area (Å²) in [6.45, 7) is 6.59. The zero-order valence-corrected chi connectivity index (χ0v) is 17.0. The highest BCUT2D eigenvalue weighted by Gasteiger charge is 2.50. The van der Waals surface area contributed by atoms with Crippen LogP contribution in [0.25, 0.3) is 0 Å². The van der Waals surface area contributed by atoms with Crippen LogP contribution in [0.15, 0.2) is 5.38 Å². The number of rotatable bonds is 4. The van der Waals surface area contributed by atoms with Gasteiger partial charge in [0.2, 0.25) is 17.7 Å². The minimum Gasteiger partial charge on any atom is -0.347 e. The minimum absolute atomic E-state index is 0.0119. The van der Waals surface area contributed by atoms with Gasteiger partial charge in [0.05, 0.1) is 17.2 Å². The number of carbonyl (C=O) groups is 3. The third kappa shape index (κ3) is 4.14. The Morgan fingerprint density at radius 3 is 2.56 bits per heavy atom. The number of hydrogen-bond donors (Lipinski definition) is 1. The first-order valence-electron chi connectivity index (χ1n) is 9.26. The van der Waals surface area contributed by atoms with Gasteiger partial charge >= 0.3 is 0 Å². The Morgan fingerprint density at radius 1 is 1.26 bits per heavy atom. The van der Waals surface area contributed by atoms with Gasteiger partial charge in [-0.2, -0.15) is 0 Å². The van der Waals surface area contributed by atoms with Gasteiger partial charge in [-0.1, -0.05) is 0 Å². The van der Waals surface area contributed by atoms with Crippen LogP contribution in [0, 0.1) is 6.92 Å². The third-order valence-electron chi connectivity index (χ3n) is 5.51. The molecule has 1 aromatic heterocycles.